The topological polar surface area (TPSA) is 39.1 Å². The van der Waals surface area contributed by atoms with Crippen LogP contribution in [0.15, 0.2) is 42.5 Å². The normalized spacial score (nSPS) is 19.8. The first-order chi connectivity index (χ1) is 14.2. The zero-order valence-electron chi connectivity index (χ0n) is 17.0. The van der Waals surface area contributed by atoms with E-state index in [0.717, 1.165) is 31.1 Å². The molecule has 2 atom stereocenters. The van der Waals surface area contributed by atoms with E-state index < -0.39 is 11.7 Å². The molecule has 1 aliphatic rings. The van der Waals surface area contributed by atoms with Gasteiger partial charge in [0.1, 0.15) is 0 Å². The summed E-state index contributed by atoms with van der Waals surface area (Å²) in [5.41, 5.74) is 0.132. The summed E-state index contributed by atoms with van der Waals surface area (Å²) in [4.78, 5) is 2.39. The van der Waals surface area contributed by atoms with E-state index in [4.69, 9.17) is 16.9 Å². The number of benzene rings is 2. The Morgan fingerprint density at radius 2 is 1.97 bits per heavy atom. The fraction of sp³-hybridized carbons (Fsp3) is 0.435. The van der Waals surface area contributed by atoms with Gasteiger partial charge in [-0.25, -0.2) is 0 Å². The molecule has 0 aliphatic carbocycles. The number of nitrogens with one attached hydrogen (secondary N) is 1. The van der Waals surface area contributed by atoms with Gasteiger partial charge in [0.15, 0.2) is 0 Å². The monoisotopic (exact) mass is 435 g/mol. The number of hydrogen-bond acceptors (Lipinski definition) is 3. The molecule has 0 amide bonds. The molecule has 3 nitrogen and oxygen atoms in total. The Bertz CT molecular complexity index is 921. The summed E-state index contributed by atoms with van der Waals surface area (Å²) in [7, 11) is 0. The van der Waals surface area contributed by atoms with E-state index in [-0.39, 0.29) is 17.6 Å². The predicted octanol–water partition coefficient (Wildman–Crippen LogP) is 5.98. The maximum Gasteiger partial charge on any atom is 0.417 e. The molecular formula is C23H25ClF3N3. The molecule has 160 valence electrons. The average molecular weight is 436 g/mol. The Morgan fingerprint density at radius 1 is 1.23 bits per heavy atom. The summed E-state index contributed by atoms with van der Waals surface area (Å²) in [6.07, 6.45) is -3.03. The van der Waals surface area contributed by atoms with Crippen molar-refractivity contribution in [3.63, 3.8) is 0 Å². The minimum absolute atomic E-state index is 0.0194. The van der Waals surface area contributed by atoms with Gasteiger partial charge in [0, 0.05) is 35.9 Å². The molecule has 0 radical (unpaired) electrons. The first-order valence-electron chi connectivity index (χ1n) is 10.0. The van der Waals surface area contributed by atoms with E-state index in [0.29, 0.717) is 23.0 Å². The van der Waals surface area contributed by atoms with E-state index in [9.17, 15) is 13.2 Å². The maximum absolute atomic E-state index is 13.3. The molecule has 1 saturated heterocycles. The molecule has 0 saturated carbocycles. The van der Waals surface area contributed by atoms with Crippen LogP contribution in [0.25, 0.3) is 0 Å². The summed E-state index contributed by atoms with van der Waals surface area (Å²) >= 11 is 6.37. The second-order valence-electron chi connectivity index (χ2n) is 8.16. The lowest BCUT2D eigenvalue weighted by Crippen LogP contribution is -2.42. The summed E-state index contributed by atoms with van der Waals surface area (Å²) in [5, 5.41) is 13.0. The molecule has 1 N–H and O–H groups in total. The van der Waals surface area contributed by atoms with Crippen molar-refractivity contribution >= 4 is 17.3 Å². The average Bonchev–Trinajstić information content (AvgIpc) is 3.03. The third kappa shape index (κ3) is 5.27. The molecule has 2 aromatic carbocycles. The van der Waals surface area contributed by atoms with Crippen LogP contribution in [0.5, 0.6) is 0 Å². The minimum atomic E-state index is -4.57. The zero-order chi connectivity index (χ0) is 21.9. The molecular weight excluding hydrogens is 411 g/mol. The second kappa shape index (κ2) is 9.28. The Labute approximate surface area is 180 Å². The molecule has 1 unspecified atom stereocenters. The number of alkyl halides is 3. The highest BCUT2D eigenvalue weighted by molar-refractivity contribution is 6.31. The Kier molecular flexibility index (Phi) is 6.95. The lowest BCUT2D eigenvalue weighted by Gasteiger charge is -2.31. The Morgan fingerprint density at radius 3 is 2.60 bits per heavy atom. The van der Waals surface area contributed by atoms with Crippen molar-refractivity contribution < 1.29 is 13.2 Å². The third-order valence-electron chi connectivity index (χ3n) is 5.44. The molecule has 2 aromatic rings. The van der Waals surface area contributed by atoms with Crippen molar-refractivity contribution in [3.05, 3.63) is 64.2 Å². The van der Waals surface area contributed by atoms with Crippen molar-refractivity contribution in [1.29, 1.82) is 5.26 Å². The summed E-state index contributed by atoms with van der Waals surface area (Å²) in [5.74, 6) is 0.476. The van der Waals surface area contributed by atoms with E-state index in [2.05, 4.69) is 24.1 Å². The number of halogens is 4. The highest BCUT2D eigenvalue weighted by atomic mass is 35.5. The summed E-state index contributed by atoms with van der Waals surface area (Å²) in [6.45, 7) is 6.09. The van der Waals surface area contributed by atoms with E-state index in [1.165, 1.54) is 6.07 Å². The van der Waals surface area contributed by atoms with Crippen LogP contribution in [0, 0.1) is 17.2 Å². The predicted molar refractivity (Wildman–Crippen MR) is 114 cm³/mol. The van der Waals surface area contributed by atoms with Gasteiger partial charge in [-0.3, -0.25) is 4.90 Å². The van der Waals surface area contributed by atoms with Gasteiger partial charge in [0.2, 0.25) is 0 Å². The quantitative estimate of drug-likeness (QED) is 0.606. The molecule has 0 spiro atoms. The smallest absolute Gasteiger partial charge is 0.381 e. The molecule has 7 heteroatoms. The SMILES string of the molecule is CC(C)CN1CC[C@H](Nc2ccc(C#N)c(C(F)(F)F)c2)C1Cc1ccccc1Cl. The van der Waals surface area contributed by atoms with Crippen molar-refractivity contribution in [2.75, 3.05) is 18.4 Å². The highest BCUT2D eigenvalue weighted by Gasteiger charge is 2.36. The lowest BCUT2D eigenvalue weighted by atomic mass is 9.98. The fourth-order valence-electron chi connectivity index (χ4n) is 4.12. The number of nitriles is 1. The third-order valence-corrected chi connectivity index (χ3v) is 5.81. The van der Waals surface area contributed by atoms with Gasteiger partial charge < -0.3 is 5.32 Å². The lowest BCUT2D eigenvalue weighted by molar-refractivity contribution is -0.137. The molecule has 0 bridgehead atoms. The van der Waals surface area contributed by atoms with Crippen molar-refractivity contribution in [1.82, 2.24) is 4.90 Å². The van der Waals surface area contributed by atoms with Crippen LogP contribution < -0.4 is 5.32 Å². The van der Waals surface area contributed by atoms with E-state index >= 15 is 0 Å². The van der Waals surface area contributed by atoms with Crippen LogP contribution in [0.2, 0.25) is 5.02 Å². The van der Waals surface area contributed by atoms with E-state index in [1.54, 1.807) is 12.1 Å². The van der Waals surface area contributed by atoms with Gasteiger partial charge >= 0.3 is 6.18 Å². The molecule has 1 aliphatic heterocycles. The molecule has 3 rings (SSSR count). The summed E-state index contributed by atoms with van der Waals surface area (Å²) in [6, 6.07) is 13.2. The summed E-state index contributed by atoms with van der Waals surface area (Å²) < 4.78 is 40.0. The first kappa shape index (κ1) is 22.5. The minimum Gasteiger partial charge on any atom is -0.381 e. The van der Waals surface area contributed by atoms with Crippen LogP contribution >= 0.6 is 11.6 Å². The zero-order valence-corrected chi connectivity index (χ0v) is 17.8. The molecule has 1 fully saturated rings. The highest BCUT2D eigenvalue weighted by Crippen LogP contribution is 2.35. The van der Waals surface area contributed by atoms with Crippen molar-refractivity contribution in [2.45, 2.75) is 44.9 Å². The van der Waals surface area contributed by atoms with E-state index in [1.807, 2.05) is 24.3 Å². The number of rotatable bonds is 6. The first-order valence-corrected chi connectivity index (χ1v) is 10.4. The van der Waals surface area contributed by atoms with Crippen molar-refractivity contribution in [2.24, 2.45) is 5.92 Å². The maximum atomic E-state index is 13.3. The van der Waals surface area contributed by atoms with Gasteiger partial charge in [0.05, 0.1) is 17.2 Å². The number of hydrogen-bond donors (Lipinski definition) is 1. The number of nitrogens with zero attached hydrogens (tertiary/aromatic N) is 2. The van der Waals surface area contributed by atoms with Gasteiger partial charge in [-0.05, 0) is 48.6 Å². The number of likely N-dealkylation sites (tertiary alicyclic amines) is 1. The molecule has 0 aromatic heterocycles. The Balaban J connectivity index is 1.86. The molecule has 30 heavy (non-hydrogen) atoms. The van der Waals surface area contributed by atoms with Crippen LogP contribution in [0.1, 0.15) is 37.0 Å². The van der Waals surface area contributed by atoms with Crippen LogP contribution in [-0.4, -0.2) is 30.1 Å². The van der Waals surface area contributed by atoms with Gasteiger partial charge in [-0.2, -0.15) is 18.4 Å². The van der Waals surface area contributed by atoms with Gasteiger partial charge in [-0.1, -0.05) is 43.6 Å². The van der Waals surface area contributed by atoms with Gasteiger partial charge in [0.25, 0.3) is 0 Å². The van der Waals surface area contributed by atoms with Crippen LogP contribution in [0.3, 0.4) is 0 Å². The van der Waals surface area contributed by atoms with Crippen LogP contribution in [0.4, 0.5) is 18.9 Å². The number of anilines is 1. The standard InChI is InChI=1S/C23H25ClF3N3/c1-15(2)14-30-10-9-21(22(30)11-16-5-3-4-6-20(16)24)29-18-8-7-17(13-28)19(12-18)23(25,26)27/h3-8,12,15,21-22,29H,9-11,14H2,1-2H3/t21-,22?/m0/s1. The van der Waals surface area contributed by atoms with Crippen LogP contribution in [-0.2, 0) is 12.6 Å². The van der Waals surface area contributed by atoms with Crippen molar-refractivity contribution in [3.8, 4) is 6.07 Å². The largest absolute Gasteiger partial charge is 0.417 e. The second-order valence-corrected chi connectivity index (χ2v) is 8.57. The Hall–Kier alpha value is -2.23. The molecule has 1 heterocycles. The fourth-order valence-corrected chi connectivity index (χ4v) is 4.34. The van der Waals surface area contributed by atoms with Gasteiger partial charge in [-0.15, -0.1) is 0 Å².